The van der Waals surface area contributed by atoms with Crippen molar-refractivity contribution in [3.05, 3.63) is 30.3 Å². The zero-order chi connectivity index (χ0) is 13.2. The Kier molecular flexibility index (Phi) is 2.60. The average molecular weight is 258 g/mol. The van der Waals surface area contributed by atoms with Gasteiger partial charge in [0.25, 0.3) is 0 Å². The Morgan fingerprint density at radius 3 is 2.95 bits per heavy atom. The summed E-state index contributed by atoms with van der Waals surface area (Å²) < 4.78 is 12.0. The van der Waals surface area contributed by atoms with E-state index in [9.17, 15) is 0 Å². The van der Waals surface area contributed by atoms with E-state index in [2.05, 4.69) is 20.6 Å². The minimum atomic E-state index is 0.333. The molecule has 0 unspecified atom stereocenters. The van der Waals surface area contributed by atoms with E-state index >= 15 is 0 Å². The molecule has 0 spiro atoms. The molecule has 2 N–H and O–H groups in total. The third kappa shape index (κ3) is 2.10. The van der Waals surface area contributed by atoms with Crippen molar-refractivity contribution in [3.8, 4) is 17.4 Å². The van der Waals surface area contributed by atoms with Gasteiger partial charge in [0.05, 0.1) is 12.8 Å². The number of fused-ring (bicyclic) bond motifs is 1. The molecule has 2 aromatic heterocycles. The predicted octanol–water partition coefficient (Wildman–Crippen LogP) is 0.902. The zero-order valence-corrected chi connectivity index (χ0v) is 10.0. The summed E-state index contributed by atoms with van der Waals surface area (Å²) in [5.41, 5.74) is 6.85. The molecule has 96 valence electrons. The molecule has 0 aliphatic rings. The normalized spacial score (nSPS) is 10.6. The van der Waals surface area contributed by atoms with Gasteiger partial charge in [0.15, 0.2) is 11.4 Å². The lowest BCUT2D eigenvalue weighted by atomic mass is 10.3. The first-order valence-electron chi connectivity index (χ1n) is 5.43. The summed E-state index contributed by atoms with van der Waals surface area (Å²) in [4.78, 5) is 0. The van der Waals surface area contributed by atoms with Gasteiger partial charge in [0.1, 0.15) is 5.75 Å². The number of benzene rings is 1. The van der Waals surface area contributed by atoms with Crippen molar-refractivity contribution in [1.29, 1.82) is 0 Å². The summed E-state index contributed by atoms with van der Waals surface area (Å²) in [7, 11) is 1.57. The predicted molar refractivity (Wildman–Crippen MR) is 66.1 cm³/mol. The van der Waals surface area contributed by atoms with Gasteiger partial charge in [0.2, 0.25) is 5.88 Å². The van der Waals surface area contributed by atoms with Gasteiger partial charge in [-0.2, -0.15) is 0 Å². The lowest BCUT2D eigenvalue weighted by Gasteiger charge is -2.08. The van der Waals surface area contributed by atoms with Crippen LogP contribution in [-0.4, -0.2) is 32.4 Å². The molecule has 8 nitrogen and oxygen atoms in total. The van der Waals surface area contributed by atoms with E-state index in [1.807, 2.05) is 0 Å². The van der Waals surface area contributed by atoms with Crippen molar-refractivity contribution < 1.29 is 9.47 Å². The number of aromatic nitrogens is 5. The molecule has 0 atom stereocenters. The summed E-state index contributed by atoms with van der Waals surface area (Å²) in [6.45, 7) is 0. The largest absolute Gasteiger partial charge is 0.497 e. The van der Waals surface area contributed by atoms with Gasteiger partial charge in [0, 0.05) is 12.1 Å². The fraction of sp³-hybridized carbons (Fsp3) is 0.0909. The van der Waals surface area contributed by atoms with Crippen LogP contribution in [0, 0.1) is 0 Å². The van der Waals surface area contributed by atoms with E-state index in [0.717, 1.165) is 0 Å². The molecule has 0 aliphatic heterocycles. The monoisotopic (exact) mass is 258 g/mol. The smallest absolute Gasteiger partial charge is 0.239 e. The quantitative estimate of drug-likeness (QED) is 0.696. The van der Waals surface area contributed by atoms with Crippen molar-refractivity contribution in [3.63, 3.8) is 0 Å². The Hall–Kier alpha value is -2.90. The molecule has 0 saturated heterocycles. The number of ether oxygens (including phenoxy) is 2. The molecule has 3 aromatic rings. The topological polar surface area (TPSA) is 100 Å². The molecule has 0 fully saturated rings. The first-order chi connectivity index (χ1) is 9.26. The number of hydrogen-bond donors (Lipinski definition) is 1. The molecule has 1 aromatic carbocycles. The highest BCUT2D eigenvalue weighted by molar-refractivity contribution is 5.56. The van der Waals surface area contributed by atoms with Gasteiger partial charge in [-0.05, 0) is 28.6 Å². The number of methoxy groups -OCH3 is 1. The van der Waals surface area contributed by atoms with Crippen LogP contribution in [0.15, 0.2) is 30.3 Å². The summed E-state index contributed by atoms with van der Waals surface area (Å²) >= 11 is 0. The van der Waals surface area contributed by atoms with Gasteiger partial charge < -0.3 is 15.2 Å². The number of nitrogens with two attached hydrogens (primary N) is 1. The van der Waals surface area contributed by atoms with E-state index < -0.39 is 0 Å². The Bertz CT molecular complexity index is 726. The molecular weight excluding hydrogens is 248 g/mol. The SMILES string of the molecule is COc1ccc(N)c(Oc2ccc3nnnn3n2)c1. The number of rotatable bonds is 3. The second-order valence-corrected chi connectivity index (χ2v) is 3.70. The van der Waals surface area contributed by atoms with Crippen LogP contribution in [0.3, 0.4) is 0 Å². The van der Waals surface area contributed by atoms with Gasteiger partial charge in [-0.1, -0.05) is 0 Å². The van der Waals surface area contributed by atoms with Gasteiger partial charge in [-0.15, -0.1) is 14.8 Å². The van der Waals surface area contributed by atoms with Crippen molar-refractivity contribution in [2.45, 2.75) is 0 Å². The maximum absolute atomic E-state index is 5.83. The zero-order valence-electron chi connectivity index (χ0n) is 10.0. The lowest BCUT2D eigenvalue weighted by Crippen LogP contribution is -1.99. The van der Waals surface area contributed by atoms with E-state index in [0.29, 0.717) is 28.7 Å². The number of anilines is 1. The van der Waals surface area contributed by atoms with Crippen LogP contribution in [0.1, 0.15) is 0 Å². The van der Waals surface area contributed by atoms with Crippen LogP contribution in [0.2, 0.25) is 0 Å². The lowest BCUT2D eigenvalue weighted by molar-refractivity contribution is 0.406. The third-order valence-corrected chi connectivity index (χ3v) is 2.48. The number of nitrogen functional groups attached to an aromatic ring is 1. The van der Waals surface area contributed by atoms with Crippen molar-refractivity contribution in [2.24, 2.45) is 0 Å². The first-order valence-corrected chi connectivity index (χ1v) is 5.43. The molecular formula is C11H10N6O2. The van der Waals surface area contributed by atoms with Crippen LogP contribution in [0.25, 0.3) is 5.65 Å². The highest BCUT2D eigenvalue weighted by atomic mass is 16.5. The van der Waals surface area contributed by atoms with E-state index in [1.165, 1.54) is 4.63 Å². The standard InChI is InChI=1S/C11H10N6O2/c1-18-7-2-3-8(12)9(6-7)19-11-5-4-10-13-15-16-17(10)14-11/h2-6H,12H2,1H3. The summed E-state index contributed by atoms with van der Waals surface area (Å²) in [6.07, 6.45) is 0. The Balaban J connectivity index is 1.95. The first kappa shape index (κ1) is 11.2. The summed E-state index contributed by atoms with van der Waals surface area (Å²) in [5.74, 6) is 1.44. The molecule has 8 heteroatoms. The van der Waals surface area contributed by atoms with Crippen LogP contribution >= 0.6 is 0 Å². The second kappa shape index (κ2) is 4.41. The summed E-state index contributed by atoms with van der Waals surface area (Å²) in [6, 6.07) is 8.48. The van der Waals surface area contributed by atoms with Gasteiger partial charge >= 0.3 is 0 Å². The highest BCUT2D eigenvalue weighted by Gasteiger charge is 2.07. The molecule has 2 heterocycles. The van der Waals surface area contributed by atoms with Crippen LogP contribution < -0.4 is 15.2 Å². The Morgan fingerprint density at radius 1 is 1.21 bits per heavy atom. The Labute approximate surface area is 107 Å². The number of hydrogen-bond acceptors (Lipinski definition) is 7. The van der Waals surface area contributed by atoms with Crippen LogP contribution in [0.5, 0.6) is 17.4 Å². The fourth-order valence-electron chi connectivity index (χ4n) is 1.53. The summed E-state index contributed by atoms with van der Waals surface area (Å²) in [5, 5.41) is 15.0. The molecule has 19 heavy (non-hydrogen) atoms. The van der Waals surface area contributed by atoms with Crippen molar-refractivity contribution in [2.75, 3.05) is 12.8 Å². The molecule has 0 amide bonds. The molecule has 0 radical (unpaired) electrons. The van der Waals surface area contributed by atoms with Gasteiger partial charge in [-0.3, -0.25) is 0 Å². The van der Waals surface area contributed by atoms with E-state index in [1.54, 1.807) is 37.4 Å². The minimum absolute atomic E-state index is 0.333. The maximum Gasteiger partial charge on any atom is 0.239 e. The highest BCUT2D eigenvalue weighted by Crippen LogP contribution is 2.30. The average Bonchev–Trinajstić information content (AvgIpc) is 2.89. The van der Waals surface area contributed by atoms with Crippen LogP contribution in [0.4, 0.5) is 5.69 Å². The Morgan fingerprint density at radius 2 is 2.11 bits per heavy atom. The van der Waals surface area contributed by atoms with E-state index in [-0.39, 0.29) is 0 Å². The maximum atomic E-state index is 5.83. The number of tetrazole rings is 1. The molecule has 3 rings (SSSR count). The fourth-order valence-corrected chi connectivity index (χ4v) is 1.53. The molecule has 0 bridgehead atoms. The third-order valence-electron chi connectivity index (χ3n) is 2.48. The molecule has 0 aliphatic carbocycles. The van der Waals surface area contributed by atoms with Crippen LogP contribution in [-0.2, 0) is 0 Å². The molecule has 0 saturated carbocycles. The minimum Gasteiger partial charge on any atom is -0.497 e. The van der Waals surface area contributed by atoms with Crippen molar-refractivity contribution >= 4 is 11.3 Å². The second-order valence-electron chi connectivity index (χ2n) is 3.70. The van der Waals surface area contributed by atoms with Gasteiger partial charge in [-0.25, -0.2) is 0 Å². The van der Waals surface area contributed by atoms with Crippen molar-refractivity contribution in [1.82, 2.24) is 25.3 Å². The van der Waals surface area contributed by atoms with E-state index in [4.69, 9.17) is 15.2 Å². The number of nitrogens with zero attached hydrogens (tertiary/aromatic N) is 5.